The molecule has 0 bridgehead atoms. The molecule has 1 aromatic heterocycles. The van der Waals surface area contributed by atoms with Gasteiger partial charge in [0.05, 0.1) is 13.0 Å². The van der Waals surface area contributed by atoms with Gasteiger partial charge in [-0.15, -0.1) is 0 Å². The van der Waals surface area contributed by atoms with Crippen LogP contribution in [-0.2, 0) is 11.2 Å². The number of ether oxygens (including phenoxy) is 1. The minimum Gasteiger partial charge on any atom is -0.490 e. The van der Waals surface area contributed by atoms with Crippen molar-refractivity contribution in [2.75, 3.05) is 19.7 Å². The Hall–Kier alpha value is -2.40. The highest BCUT2D eigenvalue weighted by Crippen LogP contribution is 2.24. The largest absolute Gasteiger partial charge is 0.490 e. The van der Waals surface area contributed by atoms with E-state index in [2.05, 4.69) is 4.98 Å². The van der Waals surface area contributed by atoms with Crippen molar-refractivity contribution >= 4 is 5.91 Å². The van der Waals surface area contributed by atoms with Gasteiger partial charge in [0.15, 0.2) is 0 Å². The maximum atomic E-state index is 12.5. The maximum absolute atomic E-state index is 12.5. The van der Waals surface area contributed by atoms with Crippen molar-refractivity contribution in [3.8, 4) is 5.75 Å². The third kappa shape index (κ3) is 4.57. The topological polar surface area (TPSA) is 62.7 Å². The molecule has 1 fully saturated rings. The van der Waals surface area contributed by atoms with Gasteiger partial charge in [-0.1, -0.05) is 18.2 Å². The third-order valence-corrected chi connectivity index (χ3v) is 4.60. The van der Waals surface area contributed by atoms with Crippen molar-refractivity contribution < 1.29 is 14.6 Å². The molecule has 1 atom stereocenters. The van der Waals surface area contributed by atoms with Gasteiger partial charge in [0.25, 0.3) is 0 Å². The van der Waals surface area contributed by atoms with Crippen LogP contribution in [0, 0.1) is 6.92 Å². The monoisotopic (exact) mass is 340 g/mol. The molecule has 3 rings (SSSR count). The van der Waals surface area contributed by atoms with Gasteiger partial charge in [0.1, 0.15) is 18.0 Å². The van der Waals surface area contributed by atoms with Gasteiger partial charge in [0, 0.05) is 18.9 Å². The molecule has 1 aromatic carbocycles. The van der Waals surface area contributed by atoms with Gasteiger partial charge in [-0.05, 0) is 49.1 Å². The first-order valence-corrected chi connectivity index (χ1v) is 8.63. The van der Waals surface area contributed by atoms with Crippen LogP contribution in [0.25, 0.3) is 0 Å². The number of piperidine rings is 1. The number of β-amino-alcohol motifs (C(OH)–C–C–N with tert-alkyl or cyclic N) is 1. The van der Waals surface area contributed by atoms with Gasteiger partial charge in [0.2, 0.25) is 5.91 Å². The highest BCUT2D eigenvalue weighted by molar-refractivity contribution is 5.78. The smallest absolute Gasteiger partial charge is 0.227 e. The fraction of sp³-hybridized carbons (Fsp3) is 0.400. The Bertz CT molecular complexity index is 720. The fourth-order valence-electron chi connectivity index (χ4n) is 3.16. The first-order chi connectivity index (χ1) is 12.1. The van der Waals surface area contributed by atoms with Crippen LogP contribution in [0.3, 0.4) is 0 Å². The number of amides is 1. The number of nitrogens with zero attached hydrogens (tertiary/aromatic N) is 2. The second-order valence-electron chi connectivity index (χ2n) is 6.73. The molecule has 132 valence electrons. The Labute approximate surface area is 148 Å². The highest BCUT2D eigenvalue weighted by atomic mass is 16.5. The van der Waals surface area contributed by atoms with Crippen LogP contribution in [0.2, 0.25) is 0 Å². The zero-order valence-corrected chi connectivity index (χ0v) is 14.5. The second kappa shape index (κ2) is 7.66. The standard InChI is InChI=1S/C20H24N2O3/c1-16-5-2-3-6-18(16)25-15-20(24)9-4-12-22(14-20)19(23)13-17-7-10-21-11-8-17/h2-3,5-8,10-11,24H,4,9,12-15H2,1H3. The zero-order chi connectivity index (χ0) is 17.7. The van der Waals surface area contributed by atoms with Crippen LogP contribution in [0.5, 0.6) is 5.75 Å². The molecule has 5 nitrogen and oxygen atoms in total. The van der Waals surface area contributed by atoms with Crippen molar-refractivity contribution in [1.29, 1.82) is 0 Å². The lowest BCUT2D eigenvalue weighted by atomic mass is 9.93. The van der Waals surface area contributed by atoms with E-state index in [9.17, 15) is 9.90 Å². The molecule has 0 aliphatic carbocycles. The minimum absolute atomic E-state index is 0.0280. The molecule has 0 radical (unpaired) electrons. The molecule has 0 spiro atoms. The van der Waals surface area contributed by atoms with Crippen molar-refractivity contribution in [3.63, 3.8) is 0 Å². The Balaban J connectivity index is 1.59. The number of aromatic nitrogens is 1. The summed E-state index contributed by atoms with van der Waals surface area (Å²) in [6.45, 7) is 3.15. The number of rotatable bonds is 5. The molecule has 1 amide bonds. The molecular weight excluding hydrogens is 316 g/mol. The van der Waals surface area contributed by atoms with E-state index >= 15 is 0 Å². The molecule has 1 N–H and O–H groups in total. The molecule has 1 unspecified atom stereocenters. The summed E-state index contributed by atoms with van der Waals surface area (Å²) in [5.74, 6) is 0.802. The van der Waals surface area contributed by atoms with Crippen LogP contribution in [0.15, 0.2) is 48.8 Å². The Kier molecular flexibility index (Phi) is 5.34. The molecule has 2 heterocycles. The van der Waals surface area contributed by atoms with Crippen molar-refractivity contribution in [3.05, 3.63) is 59.9 Å². The van der Waals surface area contributed by atoms with Crippen molar-refractivity contribution in [2.45, 2.75) is 31.8 Å². The number of benzene rings is 1. The van der Waals surface area contributed by atoms with E-state index < -0.39 is 5.60 Å². The molecule has 0 saturated carbocycles. The Morgan fingerprint density at radius 3 is 2.80 bits per heavy atom. The summed E-state index contributed by atoms with van der Waals surface area (Å²) in [6.07, 6.45) is 5.11. The van der Waals surface area contributed by atoms with Crippen LogP contribution >= 0.6 is 0 Å². The molecule has 2 aromatic rings. The first kappa shape index (κ1) is 17.4. The summed E-state index contributed by atoms with van der Waals surface area (Å²) in [5.41, 5.74) is 0.965. The maximum Gasteiger partial charge on any atom is 0.227 e. The van der Waals surface area contributed by atoms with E-state index in [1.807, 2.05) is 43.3 Å². The minimum atomic E-state index is -1.01. The predicted molar refractivity (Wildman–Crippen MR) is 95.4 cm³/mol. The van der Waals surface area contributed by atoms with Gasteiger partial charge >= 0.3 is 0 Å². The average Bonchev–Trinajstić information content (AvgIpc) is 2.62. The van der Waals surface area contributed by atoms with Gasteiger partial charge in [-0.3, -0.25) is 9.78 Å². The number of aryl methyl sites for hydroxylation is 1. The lowest BCUT2D eigenvalue weighted by molar-refractivity contribution is -0.139. The highest BCUT2D eigenvalue weighted by Gasteiger charge is 2.36. The number of likely N-dealkylation sites (tertiary alicyclic amines) is 1. The van der Waals surface area contributed by atoms with Crippen molar-refractivity contribution in [1.82, 2.24) is 9.88 Å². The van der Waals surface area contributed by atoms with Gasteiger partial charge < -0.3 is 14.7 Å². The summed E-state index contributed by atoms with van der Waals surface area (Å²) in [7, 11) is 0. The number of carbonyl (C=O) groups excluding carboxylic acids is 1. The number of para-hydroxylation sites is 1. The molecule has 1 aliphatic heterocycles. The first-order valence-electron chi connectivity index (χ1n) is 8.63. The van der Waals surface area contributed by atoms with E-state index in [0.717, 1.165) is 23.3 Å². The molecule has 25 heavy (non-hydrogen) atoms. The summed E-state index contributed by atoms with van der Waals surface area (Å²) in [4.78, 5) is 18.2. The summed E-state index contributed by atoms with van der Waals surface area (Å²) in [6, 6.07) is 11.4. The van der Waals surface area contributed by atoms with E-state index in [1.54, 1.807) is 17.3 Å². The second-order valence-corrected chi connectivity index (χ2v) is 6.73. The van der Waals surface area contributed by atoms with E-state index in [-0.39, 0.29) is 12.5 Å². The number of carbonyl (C=O) groups is 1. The Morgan fingerprint density at radius 2 is 2.04 bits per heavy atom. The van der Waals surface area contributed by atoms with E-state index in [0.29, 0.717) is 25.9 Å². The normalized spacial score (nSPS) is 20.3. The van der Waals surface area contributed by atoms with Crippen LogP contribution in [0.4, 0.5) is 0 Å². The lowest BCUT2D eigenvalue weighted by Gasteiger charge is -2.39. The SMILES string of the molecule is Cc1ccccc1OCC1(O)CCCN(C(=O)Cc2ccncc2)C1. The molecule has 1 saturated heterocycles. The molecular formula is C20H24N2O3. The number of hydrogen-bond acceptors (Lipinski definition) is 4. The lowest BCUT2D eigenvalue weighted by Crippen LogP contribution is -2.53. The number of pyridine rings is 1. The zero-order valence-electron chi connectivity index (χ0n) is 14.5. The van der Waals surface area contributed by atoms with E-state index in [1.165, 1.54) is 0 Å². The van der Waals surface area contributed by atoms with E-state index in [4.69, 9.17) is 4.74 Å². The summed E-state index contributed by atoms with van der Waals surface area (Å²) >= 11 is 0. The third-order valence-electron chi connectivity index (χ3n) is 4.60. The van der Waals surface area contributed by atoms with Crippen LogP contribution < -0.4 is 4.74 Å². The van der Waals surface area contributed by atoms with Gasteiger partial charge in [-0.2, -0.15) is 0 Å². The van der Waals surface area contributed by atoms with Crippen molar-refractivity contribution in [2.24, 2.45) is 0 Å². The Morgan fingerprint density at radius 1 is 1.28 bits per heavy atom. The fourth-order valence-corrected chi connectivity index (χ4v) is 3.16. The quantitative estimate of drug-likeness (QED) is 0.908. The predicted octanol–water partition coefficient (Wildman–Crippen LogP) is 2.37. The van der Waals surface area contributed by atoms with Crippen LogP contribution in [-0.4, -0.2) is 46.2 Å². The molecule has 5 heteroatoms. The average molecular weight is 340 g/mol. The van der Waals surface area contributed by atoms with Gasteiger partial charge in [-0.25, -0.2) is 0 Å². The molecule has 1 aliphatic rings. The number of aliphatic hydroxyl groups is 1. The summed E-state index contributed by atoms with van der Waals surface area (Å²) < 4.78 is 5.83. The summed E-state index contributed by atoms with van der Waals surface area (Å²) in [5, 5.41) is 10.9. The van der Waals surface area contributed by atoms with Crippen LogP contribution in [0.1, 0.15) is 24.0 Å². The number of hydrogen-bond donors (Lipinski definition) is 1.